The van der Waals surface area contributed by atoms with E-state index in [1.165, 1.54) is 18.2 Å². The molecular formula is C16H17O6P. The Morgan fingerprint density at radius 2 is 1.78 bits per heavy atom. The summed E-state index contributed by atoms with van der Waals surface area (Å²) in [6, 6.07) is 11.0. The summed E-state index contributed by atoms with van der Waals surface area (Å²) in [5.74, 6) is 0.687. The summed E-state index contributed by atoms with van der Waals surface area (Å²) in [5, 5.41) is 9.89. The minimum Gasteiger partial charge on any atom is -0.508 e. The second-order valence-electron chi connectivity index (χ2n) is 4.95. The lowest BCUT2D eigenvalue weighted by Crippen LogP contribution is -2.01. The molecule has 23 heavy (non-hydrogen) atoms. The fraction of sp³-hybridized carbons (Fsp3) is 0.188. The Morgan fingerprint density at radius 1 is 1.13 bits per heavy atom. The van der Waals surface area contributed by atoms with Gasteiger partial charge >= 0.3 is 7.60 Å². The van der Waals surface area contributed by atoms with Crippen molar-refractivity contribution >= 4 is 13.1 Å². The molecule has 0 aliphatic heterocycles. The molecule has 2 aromatic carbocycles. The van der Waals surface area contributed by atoms with Crippen molar-refractivity contribution in [1.29, 1.82) is 0 Å². The third kappa shape index (κ3) is 4.42. The Morgan fingerprint density at radius 3 is 2.35 bits per heavy atom. The van der Waals surface area contributed by atoms with Gasteiger partial charge in [0.05, 0.1) is 6.61 Å². The van der Waals surface area contributed by atoms with Crippen LogP contribution in [0.4, 0.5) is 0 Å². The van der Waals surface area contributed by atoms with E-state index in [0.717, 1.165) is 11.3 Å². The molecule has 0 amide bonds. The summed E-state index contributed by atoms with van der Waals surface area (Å²) in [5.41, 5.74) is -0.111. The summed E-state index contributed by atoms with van der Waals surface area (Å²) in [7, 11) is -4.85. The Balaban J connectivity index is 2.25. The second kappa shape index (κ2) is 6.96. The van der Waals surface area contributed by atoms with Gasteiger partial charge in [0.2, 0.25) is 0 Å². The zero-order valence-electron chi connectivity index (χ0n) is 12.5. The summed E-state index contributed by atoms with van der Waals surface area (Å²) in [4.78, 5) is 29.5. The zero-order valence-corrected chi connectivity index (χ0v) is 13.4. The van der Waals surface area contributed by atoms with Crippen LogP contribution in [0.3, 0.4) is 0 Å². The molecule has 0 saturated carbocycles. The van der Waals surface area contributed by atoms with Crippen molar-refractivity contribution in [3.8, 4) is 11.5 Å². The van der Waals surface area contributed by atoms with Crippen LogP contribution in [-0.2, 0) is 11.0 Å². The smallest absolute Gasteiger partial charge is 0.396 e. The van der Waals surface area contributed by atoms with Crippen molar-refractivity contribution in [2.75, 3.05) is 6.61 Å². The molecule has 0 aliphatic carbocycles. The summed E-state index contributed by atoms with van der Waals surface area (Å²) in [6.45, 7) is 2.45. The molecule has 2 aromatic rings. The molecule has 6 nitrogen and oxygen atoms in total. The molecule has 0 aromatic heterocycles. The van der Waals surface area contributed by atoms with E-state index in [1.807, 2.05) is 19.1 Å². The molecular weight excluding hydrogens is 319 g/mol. The molecule has 122 valence electrons. The monoisotopic (exact) mass is 336 g/mol. The van der Waals surface area contributed by atoms with Crippen LogP contribution in [-0.4, -0.2) is 27.0 Å². The van der Waals surface area contributed by atoms with Crippen LogP contribution < -0.4 is 4.74 Å². The second-order valence-corrected chi connectivity index (χ2v) is 6.44. The Bertz CT molecular complexity index is 748. The number of aromatic hydroxyl groups is 1. The van der Waals surface area contributed by atoms with Crippen LogP contribution in [0.25, 0.3) is 0 Å². The lowest BCUT2D eigenvalue weighted by Gasteiger charge is -2.09. The first kappa shape index (κ1) is 17.2. The Hall–Kier alpha value is -2.14. The zero-order chi connectivity index (χ0) is 17.0. The lowest BCUT2D eigenvalue weighted by molar-refractivity contribution is 0.104. The van der Waals surface area contributed by atoms with Gasteiger partial charge in [-0.15, -0.1) is 0 Å². The average molecular weight is 336 g/mol. The van der Waals surface area contributed by atoms with E-state index in [0.29, 0.717) is 18.6 Å². The van der Waals surface area contributed by atoms with Gasteiger partial charge in [0, 0.05) is 12.0 Å². The van der Waals surface area contributed by atoms with Gasteiger partial charge in [-0.25, -0.2) is 0 Å². The van der Waals surface area contributed by atoms with Gasteiger partial charge in [0.1, 0.15) is 11.5 Å². The van der Waals surface area contributed by atoms with E-state index in [1.54, 1.807) is 12.1 Å². The third-order valence-electron chi connectivity index (χ3n) is 3.22. The fourth-order valence-electron chi connectivity index (χ4n) is 2.12. The maximum absolute atomic E-state index is 11.6. The number of rotatable bonds is 6. The van der Waals surface area contributed by atoms with E-state index in [4.69, 9.17) is 14.5 Å². The van der Waals surface area contributed by atoms with E-state index < -0.39 is 13.1 Å². The highest BCUT2D eigenvalue weighted by Crippen LogP contribution is 2.39. The molecule has 2 rings (SSSR count). The molecule has 7 heteroatoms. The van der Waals surface area contributed by atoms with Gasteiger partial charge in [-0.2, -0.15) is 0 Å². The number of hydrogen-bond donors (Lipinski definition) is 3. The quantitative estimate of drug-likeness (QED) is 0.701. The van der Waals surface area contributed by atoms with Crippen molar-refractivity contribution in [2.45, 2.75) is 13.3 Å². The van der Waals surface area contributed by atoms with E-state index in [2.05, 4.69) is 0 Å². The predicted molar refractivity (Wildman–Crippen MR) is 84.9 cm³/mol. The van der Waals surface area contributed by atoms with Crippen molar-refractivity contribution < 1.29 is 29.0 Å². The molecule has 0 heterocycles. The minimum atomic E-state index is -4.85. The maximum Gasteiger partial charge on any atom is 0.396 e. The number of benzene rings is 2. The highest BCUT2D eigenvalue weighted by Gasteiger charge is 2.27. The van der Waals surface area contributed by atoms with Gasteiger partial charge in [0.15, 0.2) is 0 Å². The Labute approximate surface area is 133 Å². The normalized spacial score (nSPS) is 11.3. The van der Waals surface area contributed by atoms with Crippen LogP contribution in [0.1, 0.15) is 28.4 Å². The van der Waals surface area contributed by atoms with E-state index in [9.17, 15) is 14.5 Å². The van der Waals surface area contributed by atoms with Crippen molar-refractivity contribution in [3.05, 3.63) is 59.2 Å². The van der Waals surface area contributed by atoms with Gasteiger partial charge < -0.3 is 19.6 Å². The summed E-state index contributed by atoms with van der Waals surface area (Å²) >= 11 is 0. The molecule has 0 saturated heterocycles. The molecule has 0 radical (unpaired) electrons. The van der Waals surface area contributed by atoms with Crippen LogP contribution in [0, 0.1) is 0 Å². The van der Waals surface area contributed by atoms with Gasteiger partial charge in [0.25, 0.3) is 5.52 Å². The number of hydrogen-bond acceptors (Lipinski definition) is 4. The van der Waals surface area contributed by atoms with Crippen molar-refractivity contribution in [2.24, 2.45) is 0 Å². The van der Waals surface area contributed by atoms with Crippen LogP contribution in [0.5, 0.6) is 11.5 Å². The van der Waals surface area contributed by atoms with E-state index in [-0.39, 0.29) is 11.3 Å². The first-order chi connectivity index (χ1) is 10.8. The number of phenolic OH excluding ortho intramolecular Hbond substituents is 1. The van der Waals surface area contributed by atoms with Gasteiger partial charge in [-0.1, -0.05) is 12.1 Å². The molecule has 0 spiro atoms. The summed E-state index contributed by atoms with van der Waals surface area (Å²) < 4.78 is 16.4. The maximum atomic E-state index is 11.6. The fourth-order valence-corrected chi connectivity index (χ4v) is 2.59. The van der Waals surface area contributed by atoms with E-state index >= 15 is 0 Å². The highest BCUT2D eigenvalue weighted by molar-refractivity contribution is 7.70. The van der Waals surface area contributed by atoms with Crippen molar-refractivity contribution in [1.82, 2.24) is 0 Å². The molecule has 3 N–H and O–H groups in total. The topological polar surface area (TPSA) is 104 Å². The SMILES string of the molecule is CCOc1ccc(Cc2cc(C(=O)P(=O)(O)O)ccc2O)cc1. The predicted octanol–water partition coefficient (Wildman–Crippen LogP) is 2.70. The highest BCUT2D eigenvalue weighted by atomic mass is 31.2. The first-order valence-electron chi connectivity index (χ1n) is 6.95. The van der Waals surface area contributed by atoms with Gasteiger partial charge in [-0.05, 0) is 48.4 Å². The molecule has 0 fully saturated rings. The Kier molecular flexibility index (Phi) is 5.21. The lowest BCUT2D eigenvalue weighted by atomic mass is 10.0. The molecule has 0 aliphatic rings. The molecule has 0 unspecified atom stereocenters. The van der Waals surface area contributed by atoms with Crippen LogP contribution in [0.2, 0.25) is 0 Å². The number of carbonyl (C=O) groups is 1. The first-order valence-corrected chi connectivity index (χ1v) is 8.56. The number of phenols is 1. The number of carbonyl (C=O) groups excluding carboxylic acids is 1. The van der Waals surface area contributed by atoms with Crippen molar-refractivity contribution in [3.63, 3.8) is 0 Å². The molecule has 0 atom stereocenters. The standard InChI is InChI=1S/C16H17O6P/c1-2-22-14-6-3-11(4-7-14)9-13-10-12(5-8-15(13)17)16(18)23(19,20)21/h3-8,10,17H,2,9H2,1H3,(H2,19,20,21). The van der Waals surface area contributed by atoms with Gasteiger partial charge in [-0.3, -0.25) is 9.36 Å². The largest absolute Gasteiger partial charge is 0.508 e. The summed E-state index contributed by atoms with van der Waals surface area (Å²) in [6.07, 6.45) is 0.320. The van der Waals surface area contributed by atoms with Crippen LogP contribution in [0.15, 0.2) is 42.5 Å². The number of ether oxygens (including phenoxy) is 1. The third-order valence-corrected chi connectivity index (χ3v) is 4.01. The van der Waals surface area contributed by atoms with Crippen LogP contribution >= 0.6 is 7.60 Å². The molecule has 0 bridgehead atoms. The minimum absolute atomic E-state index is 0.0406. The average Bonchev–Trinajstić information content (AvgIpc) is 2.50.